The van der Waals surface area contributed by atoms with Crippen LogP contribution in [-0.2, 0) is 14.8 Å². The number of benzene rings is 1. The summed E-state index contributed by atoms with van der Waals surface area (Å²) in [4.78, 5) is 25.8. The van der Waals surface area contributed by atoms with Gasteiger partial charge >= 0.3 is 0 Å². The first-order chi connectivity index (χ1) is 16.9. The summed E-state index contributed by atoms with van der Waals surface area (Å²) >= 11 is 0. The highest BCUT2D eigenvalue weighted by Gasteiger charge is 2.35. The third-order valence-electron chi connectivity index (χ3n) is 7.35. The van der Waals surface area contributed by atoms with Crippen molar-refractivity contribution in [3.63, 3.8) is 0 Å². The maximum atomic E-state index is 13.2. The molecule has 1 saturated carbocycles. The summed E-state index contributed by atoms with van der Waals surface area (Å²) in [5.41, 5.74) is 0.613. The summed E-state index contributed by atoms with van der Waals surface area (Å²) in [5.74, 6) is -0.379. The lowest BCUT2D eigenvalue weighted by atomic mass is 9.89. The number of amides is 2. The molecule has 1 saturated heterocycles. The first-order valence-corrected chi connectivity index (χ1v) is 15.2. The molecule has 1 aliphatic carbocycles. The average Bonchev–Trinajstić information content (AvgIpc) is 2.88. The van der Waals surface area contributed by atoms with Crippen LogP contribution >= 0.6 is 0 Å². The number of piperidine rings is 1. The van der Waals surface area contributed by atoms with Gasteiger partial charge in [-0.3, -0.25) is 9.59 Å². The second-order valence-electron chi connectivity index (χ2n) is 10.1. The Kier molecular flexibility index (Phi) is 11.0. The van der Waals surface area contributed by atoms with Crippen molar-refractivity contribution in [3.05, 3.63) is 35.9 Å². The summed E-state index contributed by atoms with van der Waals surface area (Å²) in [6.07, 6.45) is 11.3. The van der Waals surface area contributed by atoms with Crippen LogP contribution in [0.4, 0.5) is 0 Å². The van der Waals surface area contributed by atoms with Crippen molar-refractivity contribution >= 4 is 21.8 Å². The number of nitrogens with zero attached hydrogens (tertiary/aromatic N) is 1. The Morgan fingerprint density at radius 3 is 2.26 bits per heavy atom. The molecule has 7 nitrogen and oxygen atoms in total. The lowest BCUT2D eigenvalue weighted by molar-refractivity contribution is -0.127. The maximum absolute atomic E-state index is 13.2. The Morgan fingerprint density at radius 2 is 1.54 bits per heavy atom. The number of rotatable bonds is 12. The second-order valence-corrected chi connectivity index (χ2v) is 12.2. The Labute approximate surface area is 211 Å². The minimum atomic E-state index is -3.34. The maximum Gasteiger partial charge on any atom is 0.251 e. The molecule has 2 aliphatic rings. The quantitative estimate of drug-likeness (QED) is 0.415. The summed E-state index contributed by atoms with van der Waals surface area (Å²) < 4.78 is 27.3. The third-order valence-corrected chi connectivity index (χ3v) is 9.27. The fourth-order valence-corrected chi connectivity index (χ4v) is 6.86. The molecule has 0 bridgehead atoms. The third kappa shape index (κ3) is 8.60. The van der Waals surface area contributed by atoms with Crippen LogP contribution in [0.3, 0.4) is 0 Å². The first-order valence-electron chi connectivity index (χ1n) is 13.5. The van der Waals surface area contributed by atoms with Gasteiger partial charge in [0, 0.05) is 30.7 Å². The van der Waals surface area contributed by atoms with Gasteiger partial charge in [0.25, 0.3) is 5.91 Å². The molecular weight excluding hydrogens is 462 g/mol. The summed E-state index contributed by atoms with van der Waals surface area (Å²) in [7, 11) is -3.34. The van der Waals surface area contributed by atoms with Crippen LogP contribution in [0.2, 0.25) is 0 Å². The average molecular weight is 506 g/mol. The predicted molar refractivity (Wildman–Crippen MR) is 140 cm³/mol. The van der Waals surface area contributed by atoms with Crippen LogP contribution in [0.1, 0.15) is 94.3 Å². The van der Waals surface area contributed by atoms with Crippen LogP contribution in [0.5, 0.6) is 0 Å². The van der Waals surface area contributed by atoms with E-state index < -0.39 is 10.0 Å². The minimum absolute atomic E-state index is 0.0877. The number of carbonyl (C=O) groups excluding carboxylic acids is 2. The zero-order valence-corrected chi connectivity index (χ0v) is 22.0. The fraction of sp³-hybridized carbons (Fsp3) is 0.704. The number of nitrogens with one attached hydrogen (secondary N) is 2. The van der Waals surface area contributed by atoms with Crippen molar-refractivity contribution in [3.8, 4) is 0 Å². The van der Waals surface area contributed by atoms with E-state index in [1.807, 2.05) is 18.2 Å². The van der Waals surface area contributed by atoms with E-state index >= 15 is 0 Å². The predicted octanol–water partition coefficient (Wildman–Crippen LogP) is 4.25. The van der Waals surface area contributed by atoms with Crippen LogP contribution in [-0.4, -0.2) is 55.5 Å². The molecule has 1 aliphatic heterocycles. The Bertz CT molecular complexity index is 906. The van der Waals surface area contributed by atoms with Gasteiger partial charge < -0.3 is 10.6 Å². The SMILES string of the molecule is CCCCCCCCS(=O)(=O)N1CCC[C@@H](C(=O)N[C@@H]2CCCC[C@H]2NC(=O)c2ccccc2)C1. The molecule has 196 valence electrons. The molecule has 1 aromatic carbocycles. The Morgan fingerprint density at radius 1 is 0.886 bits per heavy atom. The highest BCUT2D eigenvalue weighted by Crippen LogP contribution is 2.23. The van der Waals surface area contributed by atoms with Crippen molar-refractivity contribution in [2.45, 2.75) is 96.1 Å². The Balaban J connectivity index is 1.50. The fourth-order valence-electron chi connectivity index (χ4n) is 5.22. The van der Waals surface area contributed by atoms with Gasteiger partial charge in [-0.05, 0) is 44.2 Å². The van der Waals surface area contributed by atoms with Crippen molar-refractivity contribution in [2.75, 3.05) is 18.8 Å². The van der Waals surface area contributed by atoms with Crippen LogP contribution in [0, 0.1) is 5.92 Å². The molecule has 0 radical (unpaired) electrons. The van der Waals surface area contributed by atoms with E-state index in [2.05, 4.69) is 17.6 Å². The lowest BCUT2D eigenvalue weighted by Crippen LogP contribution is -2.55. The van der Waals surface area contributed by atoms with Crippen molar-refractivity contribution in [1.82, 2.24) is 14.9 Å². The topological polar surface area (TPSA) is 95.6 Å². The van der Waals surface area contributed by atoms with Crippen LogP contribution < -0.4 is 10.6 Å². The lowest BCUT2D eigenvalue weighted by Gasteiger charge is -2.36. The van der Waals surface area contributed by atoms with E-state index in [-0.39, 0.29) is 42.1 Å². The van der Waals surface area contributed by atoms with Gasteiger partial charge in [-0.2, -0.15) is 0 Å². The molecule has 0 aromatic heterocycles. The molecule has 3 atom stereocenters. The summed E-state index contributed by atoms with van der Waals surface area (Å²) in [6.45, 7) is 2.93. The van der Waals surface area contributed by atoms with Gasteiger partial charge in [-0.15, -0.1) is 0 Å². The van der Waals surface area contributed by atoms with Crippen molar-refractivity contribution < 1.29 is 18.0 Å². The smallest absolute Gasteiger partial charge is 0.251 e. The van der Waals surface area contributed by atoms with Gasteiger partial charge in [0.15, 0.2) is 0 Å². The molecule has 2 N–H and O–H groups in total. The molecule has 0 unspecified atom stereocenters. The molecule has 0 spiro atoms. The zero-order valence-electron chi connectivity index (χ0n) is 21.2. The minimum Gasteiger partial charge on any atom is -0.351 e. The van der Waals surface area contributed by atoms with E-state index in [0.717, 1.165) is 44.9 Å². The van der Waals surface area contributed by atoms with E-state index in [1.54, 1.807) is 12.1 Å². The van der Waals surface area contributed by atoms with Crippen LogP contribution in [0.25, 0.3) is 0 Å². The Hall–Kier alpha value is -1.93. The molecule has 1 heterocycles. The monoisotopic (exact) mass is 505 g/mol. The van der Waals surface area contributed by atoms with E-state index in [9.17, 15) is 18.0 Å². The molecule has 35 heavy (non-hydrogen) atoms. The van der Waals surface area contributed by atoms with Gasteiger partial charge in [0.1, 0.15) is 0 Å². The van der Waals surface area contributed by atoms with Gasteiger partial charge in [-0.1, -0.05) is 70.1 Å². The standard InChI is InChI=1S/C27H43N3O4S/c1-2-3-4-5-6-12-20-35(33,34)30-19-13-16-23(21-30)27(32)29-25-18-11-10-17-24(25)28-26(31)22-14-8-7-9-15-22/h7-9,14-15,23-25H,2-6,10-13,16-21H2,1H3,(H,28,31)(H,29,32)/t23-,24-,25-/m1/s1. The van der Waals surface area contributed by atoms with Gasteiger partial charge in [-0.25, -0.2) is 12.7 Å². The van der Waals surface area contributed by atoms with Gasteiger partial charge in [0.05, 0.1) is 11.7 Å². The zero-order chi connectivity index (χ0) is 25.1. The van der Waals surface area contributed by atoms with E-state index in [0.29, 0.717) is 31.4 Å². The largest absolute Gasteiger partial charge is 0.351 e. The molecule has 8 heteroatoms. The highest BCUT2D eigenvalue weighted by molar-refractivity contribution is 7.89. The molecule has 2 amide bonds. The van der Waals surface area contributed by atoms with Crippen molar-refractivity contribution in [2.24, 2.45) is 5.92 Å². The highest BCUT2D eigenvalue weighted by atomic mass is 32.2. The second kappa shape index (κ2) is 14.0. The molecule has 1 aromatic rings. The molecular formula is C27H43N3O4S. The first kappa shape index (κ1) is 27.7. The number of carbonyl (C=O) groups is 2. The van der Waals surface area contributed by atoms with E-state index in [1.165, 1.54) is 17.1 Å². The normalized spacial score (nSPS) is 23.5. The summed E-state index contributed by atoms with van der Waals surface area (Å²) in [5, 5.41) is 6.27. The number of sulfonamides is 1. The number of unbranched alkanes of at least 4 members (excludes halogenated alkanes) is 5. The molecule has 3 rings (SSSR count). The van der Waals surface area contributed by atoms with Gasteiger partial charge in [0.2, 0.25) is 15.9 Å². The molecule has 2 fully saturated rings. The number of hydrogen-bond donors (Lipinski definition) is 2. The van der Waals surface area contributed by atoms with Crippen LogP contribution in [0.15, 0.2) is 30.3 Å². The van der Waals surface area contributed by atoms with Crippen molar-refractivity contribution in [1.29, 1.82) is 0 Å². The van der Waals surface area contributed by atoms with E-state index in [4.69, 9.17) is 0 Å². The number of hydrogen-bond acceptors (Lipinski definition) is 4. The summed E-state index contributed by atoms with van der Waals surface area (Å²) in [6, 6.07) is 8.88.